The minimum Gasteiger partial charge on any atom is -0.462 e. The molecule has 0 radical (unpaired) electrons. The van der Waals surface area contributed by atoms with Crippen LogP contribution in [-0.2, 0) is 28.6 Å². The maximum atomic E-state index is 12.9. The molecular formula is C77H114O6. The van der Waals surface area contributed by atoms with Gasteiger partial charge in [-0.1, -0.05) is 259 Å². The number of ether oxygens (including phenoxy) is 3. The number of carbonyl (C=O) groups excluding carboxylic acids is 3. The van der Waals surface area contributed by atoms with Gasteiger partial charge in [-0.2, -0.15) is 0 Å². The molecule has 0 heterocycles. The van der Waals surface area contributed by atoms with E-state index in [2.05, 4.69) is 240 Å². The van der Waals surface area contributed by atoms with Crippen molar-refractivity contribution in [1.29, 1.82) is 0 Å². The van der Waals surface area contributed by atoms with E-state index in [1.54, 1.807) is 0 Å². The minimum atomic E-state index is -0.844. The Morgan fingerprint density at radius 3 is 0.723 bits per heavy atom. The first-order valence-corrected chi connectivity index (χ1v) is 32.2. The molecule has 0 rings (SSSR count). The second-order valence-corrected chi connectivity index (χ2v) is 20.2. The summed E-state index contributed by atoms with van der Waals surface area (Å²) >= 11 is 0. The number of unbranched alkanes of at least 4 members (excludes halogenated alkanes) is 8. The zero-order valence-corrected chi connectivity index (χ0v) is 52.4. The topological polar surface area (TPSA) is 78.9 Å². The van der Waals surface area contributed by atoms with Crippen LogP contribution in [-0.4, -0.2) is 37.2 Å². The second kappa shape index (κ2) is 68.2. The molecule has 83 heavy (non-hydrogen) atoms. The van der Waals surface area contributed by atoms with Gasteiger partial charge in [-0.15, -0.1) is 0 Å². The van der Waals surface area contributed by atoms with E-state index >= 15 is 0 Å². The molecule has 1 unspecified atom stereocenters. The Balaban J connectivity index is 4.56. The van der Waals surface area contributed by atoms with Crippen molar-refractivity contribution in [1.82, 2.24) is 0 Å². The average Bonchev–Trinajstić information content (AvgIpc) is 3.49. The second-order valence-electron chi connectivity index (χ2n) is 20.2. The fourth-order valence-corrected chi connectivity index (χ4v) is 7.75. The van der Waals surface area contributed by atoms with Gasteiger partial charge in [0.05, 0.1) is 0 Å². The van der Waals surface area contributed by atoms with Crippen molar-refractivity contribution in [3.8, 4) is 0 Å². The Hall–Kier alpha value is -6.27. The molecule has 458 valence electrons. The highest BCUT2D eigenvalue weighted by atomic mass is 16.6. The Bertz CT molecular complexity index is 2080. The zero-order chi connectivity index (χ0) is 59.9. The van der Waals surface area contributed by atoms with Crippen molar-refractivity contribution in [2.45, 2.75) is 232 Å². The van der Waals surface area contributed by atoms with Gasteiger partial charge in [0.2, 0.25) is 0 Å². The van der Waals surface area contributed by atoms with Crippen LogP contribution in [0.15, 0.2) is 219 Å². The fraction of sp³-hybridized carbons (Fsp3) is 0.494. The molecule has 0 saturated heterocycles. The van der Waals surface area contributed by atoms with Gasteiger partial charge in [-0.25, -0.2) is 0 Å². The molecule has 0 aliphatic rings. The number of esters is 3. The molecule has 0 bridgehead atoms. The molecule has 0 N–H and O–H groups in total. The smallest absolute Gasteiger partial charge is 0.306 e. The highest BCUT2D eigenvalue weighted by molar-refractivity contribution is 5.71. The van der Waals surface area contributed by atoms with Crippen LogP contribution in [0.25, 0.3) is 0 Å². The first kappa shape index (κ1) is 76.7. The van der Waals surface area contributed by atoms with Gasteiger partial charge in [0, 0.05) is 19.3 Å². The Kier molecular flexibility index (Phi) is 63.1. The van der Waals surface area contributed by atoms with Gasteiger partial charge in [0.25, 0.3) is 0 Å². The van der Waals surface area contributed by atoms with Crippen molar-refractivity contribution in [2.24, 2.45) is 0 Å². The van der Waals surface area contributed by atoms with E-state index in [9.17, 15) is 14.4 Å². The summed E-state index contributed by atoms with van der Waals surface area (Å²) in [5.41, 5.74) is 0. The van der Waals surface area contributed by atoms with E-state index in [1.165, 1.54) is 0 Å². The molecule has 0 aromatic carbocycles. The molecule has 0 fully saturated rings. The lowest BCUT2D eigenvalue weighted by Crippen LogP contribution is -2.30. The zero-order valence-electron chi connectivity index (χ0n) is 52.4. The van der Waals surface area contributed by atoms with Crippen molar-refractivity contribution in [3.05, 3.63) is 219 Å². The summed E-state index contributed by atoms with van der Waals surface area (Å²) in [4.78, 5) is 38.3. The van der Waals surface area contributed by atoms with Gasteiger partial charge in [-0.05, 0) is 167 Å². The molecule has 1 atom stereocenters. The quantitative estimate of drug-likeness (QED) is 0.0261. The fourth-order valence-electron chi connectivity index (χ4n) is 7.75. The van der Waals surface area contributed by atoms with Crippen LogP contribution < -0.4 is 0 Å². The van der Waals surface area contributed by atoms with Crippen molar-refractivity contribution >= 4 is 17.9 Å². The van der Waals surface area contributed by atoms with Crippen molar-refractivity contribution in [3.63, 3.8) is 0 Å². The Morgan fingerprint density at radius 2 is 0.446 bits per heavy atom. The summed E-state index contributed by atoms with van der Waals surface area (Å²) in [6.07, 6.45) is 107. The Labute approximate surface area is 508 Å². The number of carbonyl (C=O) groups is 3. The predicted octanol–water partition coefficient (Wildman–Crippen LogP) is 22.5. The number of allylic oxidation sites excluding steroid dienone is 36. The minimum absolute atomic E-state index is 0.135. The lowest BCUT2D eigenvalue weighted by molar-refractivity contribution is -0.167. The van der Waals surface area contributed by atoms with Crippen LogP contribution in [0, 0.1) is 0 Å². The van der Waals surface area contributed by atoms with E-state index in [-0.39, 0.29) is 44.0 Å². The van der Waals surface area contributed by atoms with Crippen LogP contribution in [0.1, 0.15) is 226 Å². The summed E-state index contributed by atoms with van der Waals surface area (Å²) in [5.74, 6) is -1.06. The molecule has 0 aromatic rings. The molecule has 0 aliphatic carbocycles. The summed E-state index contributed by atoms with van der Waals surface area (Å²) in [5, 5.41) is 0. The van der Waals surface area contributed by atoms with Crippen LogP contribution in [0.3, 0.4) is 0 Å². The van der Waals surface area contributed by atoms with E-state index in [0.717, 1.165) is 173 Å². The average molecular weight is 1140 g/mol. The highest BCUT2D eigenvalue weighted by Crippen LogP contribution is 2.12. The summed E-state index contributed by atoms with van der Waals surface area (Å²) < 4.78 is 16.8. The largest absolute Gasteiger partial charge is 0.462 e. The third kappa shape index (κ3) is 66.4. The number of rotatable bonds is 55. The van der Waals surface area contributed by atoms with Gasteiger partial charge in [-0.3, -0.25) is 14.4 Å². The van der Waals surface area contributed by atoms with Gasteiger partial charge in [0.15, 0.2) is 6.10 Å². The van der Waals surface area contributed by atoms with Gasteiger partial charge in [0.1, 0.15) is 13.2 Å². The third-order valence-electron chi connectivity index (χ3n) is 12.5. The van der Waals surface area contributed by atoms with Crippen molar-refractivity contribution < 1.29 is 28.6 Å². The predicted molar refractivity (Wildman–Crippen MR) is 361 cm³/mol. The maximum Gasteiger partial charge on any atom is 0.306 e. The van der Waals surface area contributed by atoms with Crippen LogP contribution >= 0.6 is 0 Å². The van der Waals surface area contributed by atoms with Gasteiger partial charge >= 0.3 is 17.9 Å². The summed E-state index contributed by atoms with van der Waals surface area (Å²) in [6, 6.07) is 0. The SMILES string of the molecule is CC/C=C\C/C=C\C/C=C\C/C=C\C/C=C\C/C=C\C/C=C\C/C=C\C/C=C\CCCC(=O)OCC(COC(=O)CCCCC/C=C\C/C=C\C/C=C\CC)OC(=O)CCCCCC/C=C\C/C=C\C/C=C\C/C=C\C/C=C\C/C=C\CC. The monoisotopic (exact) mass is 1130 g/mol. The van der Waals surface area contributed by atoms with Crippen LogP contribution in [0.5, 0.6) is 0 Å². The van der Waals surface area contributed by atoms with Crippen LogP contribution in [0.4, 0.5) is 0 Å². The maximum absolute atomic E-state index is 12.9. The lowest BCUT2D eigenvalue weighted by Gasteiger charge is -2.18. The normalized spacial score (nSPS) is 13.6. The summed E-state index contributed by atoms with van der Waals surface area (Å²) in [7, 11) is 0. The molecule has 0 saturated carbocycles. The van der Waals surface area contributed by atoms with E-state index in [1.807, 2.05) is 0 Å². The first-order chi connectivity index (χ1) is 41.0. The summed E-state index contributed by atoms with van der Waals surface area (Å²) in [6.45, 7) is 6.18. The first-order valence-electron chi connectivity index (χ1n) is 32.2. The molecule has 0 amide bonds. The standard InChI is InChI=1S/C77H114O6/c1-4-7-10-13-16-19-22-25-27-29-31-33-35-36-37-38-39-40-42-43-45-47-49-52-55-58-61-64-67-70-76(79)82-73-74(72-81-75(78)69-66-63-60-57-54-51-24-21-18-15-12-9-6-3)83-77(80)71-68-65-62-59-56-53-50-48-46-44-41-34-32-30-28-26-23-20-17-14-11-8-5-2/h7-12,16-21,25-28,31-34,36-37,39-40,43-46,49-54,58,61,74H,4-6,13-15,22-24,29-30,35,38,41-42,47-48,55-57,59-60,62-73H2,1-3H3/b10-7-,11-8-,12-9-,19-16-,20-17-,21-18-,27-25-,28-26-,33-31-,34-32-,37-36-,40-39-,45-43-,46-44-,52-49-,53-50-,54-51-,61-58-. The van der Waals surface area contributed by atoms with Crippen molar-refractivity contribution in [2.75, 3.05) is 13.2 Å². The van der Waals surface area contributed by atoms with E-state index in [4.69, 9.17) is 14.2 Å². The molecule has 0 aliphatic heterocycles. The highest BCUT2D eigenvalue weighted by Gasteiger charge is 2.19. The molecule has 6 nitrogen and oxygen atoms in total. The molecule has 0 spiro atoms. The third-order valence-corrected chi connectivity index (χ3v) is 12.5. The van der Waals surface area contributed by atoms with E-state index in [0.29, 0.717) is 19.3 Å². The molecule has 0 aromatic heterocycles. The molecular weight excluding hydrogens is 1020 g/mol. The Morgan fingerprint density at radius 1 is 0.241 bits per heavy atom. The van der Waals surface area contributed by atoms with E-state index < -0.39 is 6.10 Å². The number of hydrogen-bond acceptors (Lipinski definition) is 6. The number of hydrogen-bond donors (Lipinski definition) is 0. The van der Waals surface area contributed by atoms with Crippen LogP contribution in [0.2, 0.25) is 0 Å². The van der Waals surface area contributed by atoms with Gasteiger partial charge < -0.3 is 14.2 Å². The lowest BCUT2D eigenvalue weighted by atomic mass is 10.1. The molecule has 6 heteroatoms.